The predicted octanol–water partition coefficient (Wildman–Crippen LogP) is 15.1. The Labute approximate surface area is 376 Å². The fourth-order valence-corrected chi connectivity index (χ4v) is 14.1. The van der Waals surface area contributed by atoms with Crippen LogP contribution in [0, 0.1) is 10.8 Å². The van der Waals surface area contributed by atoms with Crippen molar-refractivity contribution in [1.29, 1.82) is 0 Å². The Morgan fingerprint density at radius 2 is 0.815 bits per heavy atom. The van der Waals surface area contributed by atoms with Gasteiger partial charge in [-0.25, -0.2) is 0 Å². The minimum Gasteiger partial charge on any atom is -0.309 e. The van der Waals surface area contributed by atoms with Crippen LogP contribution < -0.4 is 0 Å². The lowest BCUT2D eigenvalue weighted by atomic mass is 9.65. The SMILES string of the molecule is CC12CCC(C)(CC1)c1cc3c4cc5c6cc7c(cc6n(-c6ccccc6)c5c5c6cc8c(cc6n(c3cc1C2=O)c45)C(=O)C1(C)CCC8(C)CC1)c1ccccc1n7-c1ccccc1. The lowest BCUT2D eigenvalue weighted by molar-refractivity contribution is 0.0726. The van der Waals surface area contributed by atoms with Crippen LogP contribution in [0.2, 0.25) is 0 Å². The summed E-state index contributed by atoms with van der Waals surface area (Å²) in [7, 11) is 0. The third-order valence-electron chi connectivity index (χ3n) is 18.2. The fourth-order valence-electron chi connectivity index (χ4n) is 14.1. The van der Waals surface area contributed by atoms with Crippen molar-refractivity contribution in [2.75, 3.05) is 0 Å². The smallest absolute Gasteiger partial charge is 0.169 e. The molecular weight excluding hydrogens is 795 g/mol. The predicted molar refractivity (Wildman–Crippen MR) is 266 cm³/mol. The highest BCUT2D eigenvalue weighted by Gasteiger charge is 2.50. The van der Waals surface area contributed by atoms with E-state index in [0.717, 1.165) is 84.9 Å². The zero-order chi connectivity index (χ0) is 43.5. The van der Waals surface area contributed by atoms with Crippen LogP contribution in [-0.2, 0) is 10.8 Å². The van der Waals surface area contributed by atoms with Gasteiger partial charge in [-0.15, -0.1) is 0 Å². The Morgan fingerprint density at radius 3 is 1.42 bits per heavy atom. The van der Waals surface area contributed by atoms with Crippen molar-refractivity contribution in [2.24, 2.45) is 10.8 Å². The van der Waals surface area contributed by atoms with E-state index in [1.165, 1.54) is 81.8 Å². The number of aromatic nitrogens is 3. The number of ketones is 2. The number of para-hydroxylation sites is 3. The topological polar surface area (TPSA) is 48.4 Å². The molecule has 0 spiro atoms. The maximum Gasteiger partial charge on any atom is 0.169 e. The Balaban J connectivity index is 1.18. The molecular formula is C60H49N3O2. The molecule has 4 bridgehead atoms. The number of hydrogen-bond acceptors (Lipinski definition) is 2. The van der Waals surface area contributed by atoms with Gasteiger partial charge in [0.15, 0.2) is 11.6 Å². The quantitative estimate of drug-likeness (QED) is 0.174. The van der Waals surface area contributed by atoms with E-state index in [2.05, 4.69) is 169 Å². The Kier molecular flexibility index (Phi) is 6.61. The number of carbonyl (C=O) groups is 2. The summed E-state index contributed by atoms with van der Waals surface area (Å²) < 4.78 is 7.42. The highest BCUT2D eigenvalue weighted by Crippen LogP contribution is 2.58. The molecule has 4 heterocycles. The Bertz CT molecular complexity index is 3970. The molecule has 17 rings (SSSR count). The molecule has 4 aromatic heterocycles. The van der Waals surface area contributed by atoms with Crippen molar-refractivity contribution in [3.05, 3.63) is 150 Å². The molecule has 0 aliphatic heterocycles. The second-order valence-electron chi connectivity index (χ2n) is 21.9. The van der Waals surface area contributed by atoms with Crippen molar-refractivity contribution in [2.45, 2.75) is 89.9 Å². The fraction of sp³-hybridized carbons (Fsp3) is 0.267. The Hall–Kier alpha value is -6.72. The molecule has 2 fully saturated rings. The number of rotatable bonds is 2. The van der Waals surface area contributed by atoms with Gasteiger partial charge in [0.05, 0.1) is 38.6 Å². The number of benzene rings is 7. The summed E-state index contributed by atoms with van der Waals surface area (Å²) in [5, 5.41) is 9.67. The minimum atomic E-state index is -0.355. The van der Waals surface area contributed by atoms with Gasteiger partial charge in [0.25, 0.3) is 0 Å². The Morgan fingerprint density at radius 1 is 0.369 bits per heavy atom. The summed E-state index contributed by atoms with van der Waals surface area (Å²) in [5.41, 5.74) is 13.6. The summed E-state index contributed by atoms with van der Waals surface area (Å²) in [6, 6.07) is 47.3. The van der Waals surface area contributed by atoms with E-state index in [1.807, 2.05) is 0 Å². The molecule has 2 saturated carbocycles. The first-order chi connectivity index (χ1) is 31.5. The van der Waals surface area contributed by atoms with E-state index >= 15 is 0 Å². The monoisotopic (exact) mass is 843 g/mol. The molecule has 0 N–H and O–H groups in total. The van der Waals surface area contributed by atoms with Crippen LogP contribution in [0.3, 0.4) is 0 Å². The highest BCUT2D eigenvalue weighted by molar-refractivity contribution is 6.35. The standard InChI is InChI=1S/C60H49N3O2/c1-57-19-23-59(3,24-20-57)55(64)42-32-50-37(28-45(42)57)40-27-41-39-31-48-38(36-17-11-12-18-47(36)61(48)34-13-7-5-8-14-34)30-49(39)62(35-15-9-6-10-16-35)53(41)52-44-29-46-43(33-51(44)63(50)54(40)52)56(65)60(4)25-21-58(46,2)22-26-60/h5-18,27-33H,19-26H2,1-4H3. The van der Waals surface area contributed by atoms with Gasteiger partial charge in [-0.3, -0.25) is 9.59 Å². The van der Waals surface area contributed by atoms with Gasteiger partial charge in [-0.1, -0.05) is 82.3 Å². The van der Waals surface area contributed by atoms with E-state index in [0.29, 0.717) is 11.6 Å². The van der Waals surface area contributed by atoms with Crippen molar-refractivity contribution < 1.29 is 9.59 Å². The third-order valence-corrected chi connectivity index (χ3v) is 18.2. The molecule has 316 valence electrons. The number of hydrogen-bond donors (Lipinski definition) is 0. The molecule has 6 aliphatic carbocycles. The minimum absolute atomic E-state index is 0.0632. The lowest BCUT2D eigenvalue weighted by Crippen LogP contribution is -2.33. The van der Waals surface area contributed by atoms with Gasteiger partial charge >= 0.3 is 0 Å². The van der Waals surface area contributed by atoms with Crippen molar-refractivity contribution in [3.63, 3.8) is 0 Å². The van der Waals surface area contributed by atoms with Crippen molar-refractivity contribution >= 4 is 93.3 Å². The van der Waals surface area contributed by atoms with Gasteiger partial charge in [-0.05, 0) is 146 Å². The third kappa shape index (κ3) is 4.36. The maximum absolute atomic E-state index is 14.9. The normalized spacial score (nSPS) is 25.4. The molecule has 11 aromatic rings. The van der Waals surface area contributed by atoms with E-state index < -0.39 is 0 Å². The van der Waals surface area contributed by atoms with Crippen LogP contribution in [0.1, 0.15) is 111 Å². The van der Waals surface area contributed by atoms with E-state index in [4.69, 9.17) is 0 Å². The van der Waals surface area contributed by atoms with Gasteiger partial charge < -0.3 is 13.5 Å². The number of fused-ring (bicyclic) bond motifs is 17. The first kappa shape index (κ1) is 36.6. The van der Waals surface area contributed by atoms with Crippen LogP contribution in [0.4, 0.5) is 0 Å². The molecule has 5 heteroatoms. The van der Waals surface area contributed by atoms with E-state index in [1.54, 1.807) is 0 Å². The van der Waals surface area contributed by atoms with E-state index in [9.17, 15) is 9.59 Å². The number of nitrogens with zero attached hydrogens (tertiary/aromatic N) is 3. The van der Waals surface area contributed by atoms with E-state index in [-0.39, 0.29) is 21.7 Å². The largest absolute Gasteiger partial charge is 0.309 e. The van der Waals surface area contributed by atoms with Crippen molar-refractivity contribution in [1.82, 2.24) is 13.5 Å². The van der Waals surface area contributed by atoms with Crippen LogP contribution >= 0.6 is 0 Å². The first-order valence-corrected chi connectivity index (χ1v) is 23.9. The molecule has 0 unspecified atom stereocenters. The molecule has 5 nitrogen and oxygen atoms in total. The van der Waals surface area contributed by atoms with Gasteiger partial charge in [0, 0.05) is 76.4 Å². The highest BCUT2D eigenvalue weighted by atomic mass is 16.1. The van der Waals surface area contributed by atoms with Crippen LogP contribution in [0.5, 0.6) is 0 Å². The maximum atomic E-state index is 14.9. The number of Topliss-reactive ketones (excluding diaryl/α,β-unsaturated/α-hetero) is 2. The summed E-state index contributed by atoms with van der Waals surface area (Å²) in [6.07, 6.45) is 7.75. The zero-order valence-electron chi connectivity index (χ0n) is 37.4. The van der Waals surface area contributed by atoms with Gasteiger partial charge in [0.2, 0.25) is 0 Å². The second kappa shape index (κ2) is 11.7. The van der Waals surface area contributed by atoms with Crippen LogP contribution in [0.15, 0.2) is 127 Å². The second-order valence-corrected chi connectivity index (χ2v) is 21.9. The van der Waals surface area contributed by atoms with Crippen molar-refractivity contribution in [3.8, 4) is 11.4 Å². The average molecular weight is 844 g/mol. The molecule has 0 atom stereocenters. The van der Waals surface area contributed by atoms with Gasteiger partial charge in [-0.2, -0.15) is 0 Å². The molecule has 0 saturated heterocycles. The molecule has 0 amide bonds. The molecule has 6 aliphatic rings. The molecule has 7 aromatic carbocycles. The molecule has 0 radical (unpaired) electrons. The average Bonchev–Trinajstić information content (AvgIpc) is 4.00. The summed E-state index contributed by atoms with van der Waals surface area (Å²) in [6.45, 7) is 9.23. The van der Waals surface area contributed by atoms with Gasteiger partial charge in [0.1, 0.15) is 0 Å². The zero-order valence-corrected chi connectivity index (χ0v) is 37.4. The van der Waals surface area contributed by atoms with Crippen LogP contribution in [-0.4, -0.2) is 25.1 Å². The lowest BCUT2D eigenvalue weighted by Gasteiger charge is -2.38. The van der Waals surface area contributed by atoms with Crippen LogP contribution in [0.25, 0.3) is 93.1 Å². The first-order valence-electron chi connectivity index (χ1n) is 23.9. The summed E-state index contributed by atoms with van der Waals surface area (Å²) >= 11 is 0. The summed E-state index contributed by atoms with van der Waals surface area (Å²) in [5.74, 6) is 0.592. The summed E-state index contributed by atoms with van der Waals surface area (Å²) in [4.78, 5) is 29.8. The number of carbonyl (C=O) groups excluding carboxylic acids is 2. The molecule has 65 heavy (non-hydrogen) atoms.